The highest BCUT2D eigenvalue weighted by Crippen LogP contribution is 2.30. The van der Waals surface area contributed by atoms with Gasteiger partial charge in [0.1, 0.15) is 11.6 Å². The molecule has 0 aliphatic carbocycles. The Hall–Kier alpha value is -1.75. The summed E-state index contributed by atoms with van der Waals surface area (Å²) in [5.74, 6) is 2.08. The first-order chi connectivity index (χ1) is 11.8. The molecule has 1 aromatic heterocycles. The number of hydrogen-bond donors (Lipinski definition) is 0. The van der Waals surface area contributed by atoms with Crippen molar-refractivity contribution >= 4 is 0 Å². The predicted molar refractivity (Wildman–Crippen MR) is 98.2 cm³/mol. The zero-order valence-electron chi connectivity index (χ0n) is 15.8. The molecule has 1 aromatic carbocycles. The number of benzene rings is 1. The van der Waals surface area contributed by atoms with Crippen LogP contribution in [0.3, 0.4) is 0 Å². The summed E-state index contributed by atoms with van der Waals surface area (Å²) in [5.41, 5.74) is 1.32. The van der Waals surface area contributed by atoms with Gasteiger partial charge in [0.2, 0.25) is 0 Å². The number of likely N-dealkylation sites (tertiary alicyclic amines) is 1. The first-order valence-electron chi connectivity index (χ1n) is 9.25. The average Bonchev–Trinajstić information content (AvgIpc) is 2.92. The van der Waals surface area contributed by atoms with Gasteiger partial charge >= 0.3 is 0 Å². The lowest BCUT2D eigenvalue weighted by Gasteiger charge is -2.36. The molecule has 2 heterocycles. The number of rotatable bonds is 5. The van der Waals surface area contributed by atoms with Crippen molar-refractivity contribution in [3.8, 4) is 5.69 Å². The molecule has 5 heteroatoms. The molecule has 0 atom stereocenters. The zero-order valence-corrected chi connectivity index (χ0v) is 15.8. The third-order valence-corrected chi connectivity index (χ3v) is 4.95. The van der Waals surface area contributed by atoms with E-state index in [0.29, 0.717) is 11.3 Å². The topological polar surface area (TPSA) is 34.0 Å². The third kappa shape index (κ3) is 4.66. The van der Waals surface area contributed by atoms with E-state index >= 15 is 0 Å². The third-order valence-electron chi connectivity index (χ3n) is 4.95. The summed E-state index contributed by atoms with van der Waals surface area (Å²) in [7, 11) is 0. The number of halogens is 1. The molecule has 136 valence electrons. The van der Waals surface area contributed by atoms with Crippen molar-refractivity contribution < 1.29 is 4.39 Å². The maximum atomic E-state index is 13.2. The van der Waals surface area contributed by atoms with Crippen LogP contribution in [0.25, 0.3) is 5.69 Å². The van der Waals surface area contributed by atoms with Gasteiger partial charge in [0, 0.05) is 6.42 Å². The van der Waals surface area contributed by atoms with Crippen molar-refractivity contribution in [2.45, 2.75) is 53.5 Å². The minimum Gasteiger partial charge on any atom is -0.296 e. The second-order valence-corrected chi connectivity index (χ2v) is 8.37. The summed E-state index contributed by atoms with van der Waals surface area (Å²) in [5, 5.41) is 4.74. The lowest BCUT2D eigenvalue weighted by Crippen LogP contribution is -2.37. The van der Waals surface area contributed by atoms with Crippen LogP contribution in [0.1, 0.15) is 52.2 Å². The van der Waals surface area contributed by atoms with Crippen LogP contribution < -0.4 is 0 Å². The molecule has 4 nitrogen and oxygen atoms in total. The molecule has 2 aromatic rings. The smallest absolute Gasteiger partial charge is 0.165 e. The van der Waals surface area contributed by atoms with Gasteiger partial charge in [-0.1, -0.05) is 27.7 Å². The highest BCUT2D eigenvalue weighted by molar-refractivity contribution is 5.32. The normalized spacial score (nSPS) is 18.0. The van der Waals surface area contributed by atoms with Gasteiger partial charge in [-0.3, -0.25) is 4.90 Å². The predicted octanol–water partition coefficient (Wildman–Crippen LogP) is 4.23. The first kappa shape index (κ1) is 18.1. The minimum atomic E-state index is -0.231. The van der Waals surface area contributed by atoms with Crippen molar-refractivity contribution in [1.29, 1.82) is 0 Å². The maximum Gasteiger partial charge on any atom is 0.165 e. The van der Waals surface area contributed by atoms with E-state index in [4.69, 9.17) is 10.1 Å². The fourth-order valence-electron chi connectivity index (χ4n) is 3.26. The Bertz CT molecular complexity index is 693. The second-order valence-electron chi connectivity index (χ2n) is 8.37. The van der Waals surface area contributed by atoms with Crippen LogP contribution in [0.2, 0.25) is 0 Å². The zero-order chi connectivity index (χ0) is 18.0. The molecule has 0 radical (unpaired) electrons. The Morgan fingerprint density at radius 1 is 1.12 bits per heavy atom. The molecular formula is C20H29FN4. The fourth-order valence-corrected chi connectivity index (χ4v) is 3.26. The molecule has 0 bridgehead atoms. The van der Waals surface area contributed by atoms with Gasteiger partial charge in [-0.05, 0) is 61.5 Å². The van der Waals surface area contributed by atoms with Crippen LogP contribution in [-0.2, 0) is 13.0 Å². The quantitative estimate of drug-likeness (QED) is 0.814. The second kappa shape index (κ2) is 7.24. The van der Waals surface area contributed by atoms with E-state index in [0.717, 1.165) is 43.4 Å². The first-order valence-corrected chi connectivity index (χ1v) is 9.25. The van der Waals surface area contributed by atoms with Crippen molar-refractivity contribution in [2.24, 2.45) is 11.3 Å². The standard InChI is InChI=1S/C20H29FN4/c1-15(2)13-19-22-18(14-24-11-9-20(3,4)10-12-24)23-25(19)17-7-5-16(21)6-8-17/h5-8,15H,9-14H2,1-4H3. The molecule has 25 heavy (non-hydrogen) atoms. The molecule has 1 aliphatic heterocycles. The number of hydrogen-bond acceptors (Lipinski definition) is 3. The van der Waals surface area contributed by atoms with Gasteiger partial charge in [-0.25, -0.2) is 14.1 Å². The van der Waals surface area contributed by atoms with E-state index < -0.39 is 0 Å². The highest BCUT2D eigenvalue weighted by Gasteiger charge is 2.26. The lowest BCUT2D eigenvalue weighted by atomic mass is 9.83. The number of piperidine rings is 1. The number of aromatic nitrogens is 3. The molecule has 0 spiro atoms. The molecular weight excluding hydrogens is 315 g/mol. The molecule has 1 saturated heterocycles. The number of nitrogens with zero attached hydrogens (tertiary/aromatic N) is 4. The summed E-state index contributed by atoms with van der Waals surface area (Å²) in [6.45, 7) is 12.0. The largest absolute Gasteiger partial charge is 0.296 e. The Kier molecular flexibility index (Phi) is 5.23. The van der Waals surface area contributed by atoms with Gasteiger partial charge in [0.05, 0.1) is 12.2 Å². The van der Waals surface area contributed by atoms with Crippen LogP contribution >= 0.6 is 0 Å². The summed E-state index contributed by atoms with van der Waals surface area (Å²) < 4.78 is 15.1. The summed E-state index contributed by atoms with van der Waals surface area (Å²) in [6, 6.07) is 6.48. The van der Waals surface area contributed by atoms with Crippen LogP contribution in [0.5, 0.6) is 0 Å². The van der Waals surface area contributed by atoms with E-state index in [2.05, 4.69) is 32.6 Å². The molecule has 0 N–H and O–H groups in total. The Morgan fingerprint density at radius 2 is 1.76 bits per heavy atom. The molecule has 0 saturated carbocycles. The van der Waals surface area contributed by atoms with Crippen molar-refractivity contribution in [1.82, 2.24) is 19.7 Å². The summed E-state index contributed by atoms with van der Waals surface area (Å²) in [4.78, 5) is 7.24. The SMILES string of the molecule is CC(C)Cc1nc(CN2CCC(C)(C)CC2)nn1-c1ccc(F)cc1. The average molecular weight is 344 g/mol. The van der Waals surface area contributed by atoms with Gasteiger partial charge < -0.3 is 0 Å². The van der Waals surface area contributed by atoms with Gasteiger partial charge in [0.25, 0.3) is 0 Å². The monoisotopic (exact) mass is 344 g/mol. The molecule has 0 unspecified atom stereocenters. The molecule has 0 amide bonds. The van der Waals surface area contributed by atoms with Crippen molar-refractivity contribution in [2.75, 3.05) is 13.1 Å². The lowest BCUT2D eigenvalue weighted by molar-refractivity contribution is 0.124. The van der Waals surface area contributed by atoms with Gasteiger partial charge in [0.15, 0.2) is 5.82 Å². The van der Waals surface area contributed by atoms with Crippen LogP contribution in [0.15, 0.2) is 24.3 Å². The van der Waals surface area contributed by atoms with Crippen LogP contribution in [-0.4, -0.2) is 32.8 Å². The minimum absolute atomic E-state index is 0.231. The highest BCUT2D eigenvalue weighted by atomic mass is 19.1. The van der Waals surface area contributed by atoms with Crippen LogP contribution in [0.4, 0.5) is 4.39 Å². The Labute approximate surface area is 150 Å². The molecule has 3 rings (SSSR count). The Balaban J connectivity index is 1.80. The van der Waals surface area contributed by atoms with E-state index in [1.165, 1.54) is 25.0 Å². The van der Waals surface area contributed by atoms with E-state index in [1.54, 1.807) is 12.1 Å². The molecule has 1 fully saturated rings. The van der Waals surface area contributed by atoms with E-state index in [1.807, 2.05) is 4.68 Å². The summed E-state index contributed by atoms with van der Waals surface area (Å²) >= 11 is 0. The van der Waals surface area contributed by atoms with E-state index in [-0.39, 0.29) is 5.82 Å². The van der Waals surface area contributed by atoms with Crippen LogP contribution in [0, 0.1) is 17.2 Å². The van der Waals surface area contributed by atoms with Gasteiger partial charge in [-0.2, -0.15) is 0 Å². The Morgan fingerprint density at radius 3 is 2.36 bits per heavy atom. The summed E-state index contributed by atoms with van der Waals surface area (Å²) in [6.07, 6.45) is 3.28. The van der Waals surface area contributed by atoms with Gasteiger partial charge in [-0.15, -0.1) is 5.10 Å². The fraction of sp³-hybridized carbons (Fsp3) is 0.600. The maximum absolute atomic E-state index is 13.2. The molecule has 1 aliphatic rings. The van der Waals surface area contributed by atoms with Crippen molar-refractivity contribution in [3.63, 3.8) is 0 Å². The van der Waals surface area contributed by atoms with Crippen molar-refractivity contribution in [3.05, 3.63) is 41.7 Å². The van der Waals surface area contributed by atoms with E-state index in [9.17, 15) is 4.39 Å².